The summed E-state index contributed by atoms with van der Waals surface area (Å²) < 4.78 is 38.9. The van der Waals surface area contributed by atoms with Crippen LogP contribution in [-0.4, -0.2) is 45.0 Å². The Kier molecular flexibility index (Phi) is 8.81. The summed E-state index contributed by atoms with van der Waals surface area (Å²) in [6.45, 7) is 6.87. The average Bonchev–Trinajstić information content (AvgIpc) is 2.69. The van der Waals surface area contributed by atoms with Gasteiger partial charge in [0.25, 0.3) is 0 Å². The summed E-state index contributed by atoms with van der Waals surface area (Å²) in [5.41, 5.74) is 0.0280. The lowest BCUT2D eigenvalue weighted by Crippen LogP contribution is -2.53. The van der Waals surface area contributed by atoms with Gasteiger partial charge in [-0.3, -0.25) is 23.5 Å². The van der Waals surface area contributed by atoms with E-state index in [2.05, 4.69) is 10.6 Å². The van der Waals surface area contributed by atoms with Gasteiger partial charge in [-0.2, -0.15) is 0 Å². The van der Waals surface area contributed by atoms with Gasteiger partial charge in [0, 0.05) is 27.7 Å². The van der Waals surface area contributed by atoms with Crippen LogP contribution in [0, 0.1) is 11.6 Å². The van der Waals surface area contributed by atoms with Crippen molar-refractivity contribution in [2.75, 3.05) is 21.7 Å². The Bertz CT molecular complexity index is 1020. The van der Waals surface area contributed by atoms with Gasteiger partial charge in [0.15, 0.2) is 0 Å². The molecule has 33 heavy (non-hydrogen) atoms. The van der Waals surface area contributed by atoms with Gasteiger partial charge >= 0.3 is 0 Å². The highest BCUT2D eigenvalue weighted by atomic mass is 32.2. The number of halogens is 2. The third-order valence-corrected chi connectivity index (χ3v) is 5.50. The van der Waals surface area contributed by atoms with Crippen LogP contribution in [0.1, 0.15) is 27.7 Å². The van der Waals surface area contributed by atoms with Crippen molar-refractivity contribution in [3.63, 3.8) is 0 Å². The number of nitrogens with zero attached hydrogens (tertiary/aromatic N) is 1. The van der Waals surface area contributed by atoms with Crippen molar-refractivity contribution in [2.24, 2.45) is 0 Å². The number of hydrogen-bond acceptors (Lipinski definition) is 4. The maximum absolute atomic E-state index is 13.4. The number of rotatable bonds is 8. The lowest BCUT2D eigenvalue weighted by molar-refractivity contribution is -0.126. The Morgan fingerprint density at radius 3 is 1.97 bits per heavy atom. The number of benzene rings is 2. The molecule has 0 saturated carbocycles. The lowest BCUT2D eigenvalue weighted by atomic mass is 10.1. The molecular formula is C23H27F2N3O4S. The number of amides is 3. The summed E-state index contributed by atoms with van der Waals surface area (Å²) >= 11 is 0. The number of hydrogen-bond donors (Lipinski definition) is 2. The third kappa shape index (κ3) is 8.38. The van der Waals surface area contributed by atoms with Crippen molar-refractivity contribution < 1.29 is 27.4 Å². The van der Waals surface area contributed by atoms with Crippen molar-refractivity contribution in [1.82, 2.24) is 5.32 Å². The fourth-order valence-corrected chi connectivity index (χ4v) is 3.79. The highest BCUT2D eigenvalue weighted by molar-refractivity contribution is 7.86. The predicted molar refractivity (Wildman–Crippen MR) is 124 cm³/mol. The molecule has 0 heterocycles. The molecule has 0 aliphatic rings. The molecule has 10 heteroatoms. The Balaban J connectivity index is 2.12. The standard InChI is InChI=1S/C23H27F2N3O4S/c1-15(22(31)27-23(2,3)4)28(19-11-7-17(25)8-12-19)21(30)14-33(32)13-20(29)26-18-9-5-16(24)6-10-18/h5-12,15H,13-14H2,1-4H3,(H,26,29)(H,27,31). The molecule has 7 nitrogen and oxygen atoms in total. The summed E-state index contributed by atoms with van der Waals surface area (Å²) in [6.07, 6.45) is 0. The van der Waals surface area contributed by atoms with Crippen molar-refractivity contribution in [3.8, 4) is 0 Å². The molecule has 0 aromatic heterocycles. The first kappa shape index (κ1) is 26.1. The minimum atomic E-state index is -1.89. The Labute approximate surface area is 194 Å². The average molecular weight is 480 g/mol. The molecule has 0 fully saturated rings. The summed E-state index contributed by atoms with van der Waals surface area (Å²) in [4.78, 5) is 39.0. The first-order valence-electron chi connectivity index (χ1n) is 10.2. The maximum Gasteiger partial charge on any atom is 0.243 e. The molecule has 0 aliphatic heterocycles. The molecule has 0 saturated heterocycles. The number of carbonyl (C=O) groups excluding carboxylic acids is 3. The zero-order valence-corrected chi connectivity index (χ0v) is 19.7. The molecule has 0 radical (unpaired) electrons. The van der Waals surface area contributed by atoms with Gasteiger partial charge in [-0.25, -0.2) is 8.78 Å². The van der Waals surface area contributed by atoms with Gasteiger partial charge in [0.1, 0.15) is 29.2 Å². The van der Waals surface area contributed by atoms with Crippen LogP contribution in [0.5, 0.6) is 0 Å². The number of nitrogens with one attached hydrogen (secondary N) is 2. The second-order valence-corrected chi connectivity index (χ2v) is 9.90. The number of anilines is 2. The maximum atomic E-state index is 13.4. The van der Waals surface area contributed by atoms with E-state index < -0.39 is 63.2 Å². The van der Waals surface area contributed by atoms with E-state index in [1.54, 1.807) is 20.8 Å². The van der Waals surface area contributed by atoms with Crippen molar-refractivity contribution >= 4 is 39.9 Å². The van der Waals surface area contributed by atoms with Crippen LogP contribution in [0.2, 0.25) is 0 Å². The van der Waals surface area contributed by atoms with E-state index in [-0.39, 0.29) is 5.69 Å². The fraction of sp³-hybridized carbons (Fsp3) is 0.348. The first-order valence-corrected chi connectivity index (χ1v) is 11.6. The third-order valence-electron chi connectivity index (χ3n) is 4.34. The van der Waals surface area contributed by atoms with Crippen LogP contribution in [0.3, 0.4) is 0 Å². The second-order valence-electron chi connectivity index (χ2n) is 8.44. The molecule has 2 unspecified atom stereocenters. The molecule has 2 aromatic carbocycles. The van der Waals surface area contributed by atoms with Crippen LogP contribution in [0.15, 0.2) is 48.5 Å². The van der Waals surface area contributed by atoms with Crippen LogP contribution in [-0.2, 0) is 25.2 Å². The molecule has 0 spiro atoms. The highest BCUT2D eigenvalue weighted by Crippen LogP contribution is 2.19. The van der Waals surface area contributed by atoms with Crippen molar-refractivity contribution in [3.05, 3.63) is 60.2 Å². The van der Waals surface area contributed by atoms with Gasteiger partial charge in [0.05, 0.1) is 0 Å². The van der Waals surface area contributed by atoms with Crippen LogP contribution in [0.4, 0.5) is 20.2 Å². The molecule has 3 amide bonds. The minimum absolute atomic E-state index is 0.255. The quantitative estimate of drug-likeness (QED) is 0.609. The second kappa shape index (κ2) is 11.1. The topological polar surface area (TPSA) is 95.6 Å². The van der Waals surface area contributed by atoms with E-state index in [0.29, 0.717) is 5.69 Å². The fourth-order valence-electron chi connectivity index (χ4n) is 2.91. The molecule has 0 aliphatic carbocycles. The van der Waals surface area contributed by atoms with E-state index in [9.17, 15) is 27.4 Å². The number of carbonyl (C=O) groups is 3. The zero-order chi connectivity index (χ0) is 24.8. The van der Waals surface area contributed by atoms with E-state index >= 15 is 0 Å². The summed E-state index contributed by atoms with van der Waals surface area (Å²) in [5, 5.41) is 5.26. The van der Waals surface area contributed by atoms with E-state index in [4.69, 9.17) is 0 Å². The van der Waals surface area contributed by atoms with Gasteiger partial charge in [-0.05, 0) is 76.2 Å². The smallest absolute Gasteiger partial charge is 0.243 e. The Morgan fingerprint density at radius 1 is 0.939 bits per heavy atom. The molecule has 0 bridgehead atoms. The summed E-state index contributed by atoms with van der Waals surface area (Å²) in [7, 11) is -1.89. The van der Waals surface area contributed by atoms with E-state index in [1.807, 2.05) is 0 Å². The van der Waals surface area contributed by atoms with Gasteiger partial charge in [0.2, 0.25) is 17.7 Å². The predicted octanol–water partition coefficient (Wildman–Crippen LogP) is 2.99. The molecule has 2 atom stereocenters. The van der Waals surface area contributed by atoms with Gasteiger partial charge in [-0.1, -0.05) is 0 Å². The monoisotopic (exact) mass is 479 g/mol. The van der Waals surface area contributed by atoms with Gasteiger partial charge < -0.3 is 10.6 Å². The SMILES string of the molecule is CC(C(=O)NC(C)(C)C)N(C(=O)CS(=O)CC(=O)Nc1ccc(F)cc1)c1ccc(F)cc1. The molecule has 2 N–H and O–H groups in total. The Hall–Kier alpha value is -3.14. The Morgan fingerprint density at radius 2 is 1.45 bits per heavy atom. The van der Waals surface area contributed by atoms with Crippen LogP contribution < -0.4 is 15.5 Å². The molecular weight excluding hydrogens is 452 g/mol. The molecule has 178 valence electrons. The lowest BCUT2D eigenvalue weighted by Gasteiger charge is -2.31. The normalized spacial score (nSPS) is 13.0. The van der Waals surface area contributed by atoms with Gasteiger partial charge in [-0.15, -0.1) is 0 Å². The molecule has 2 rings (SSSR count). The largest absolute Gasteiger partial charge is 0.350 e. The zero-order valence-electron chi connectivity index (χ0n) is 18.9. The van der Waals surface area contributed by atoms with E-state index in [0.717, 1.165) is 17.0 Å². The van der Waals surface area contributed by atoms with Crippen molar-refractivity contribution in [1.29, 1.82) is 0 Å². The highest BCUT2D eigenvalue weighted by Gasteiger charge is 2.30. The minimum Gasteiger partial charge on any atom is -0.350 e. The van der Waals surface area contributed by atoms with Crippen LogP contribution in [0.25, 0.3) is 0 Å². The van der Waals surface area contributed by atoms with E-state index in [1.165, 1.54) is 43.3 Å². The first-order chi connectivity index (χ1) is 15.4. The summed E-state index contributed by atoms with van der Waals surface area (Å²) in [5.74, 6) is -3.69. The summed E-state index contributed by atoms with van der Waals surface area (Å²) in [6, 6.07) is 9.05. The molecule has 2 aromatic rings. The van der Waals surface area contributed by atoms with Crippen molar-refractivity contribution in [2.45, 2.75) is 39.3 Å². The van der Waals surface area contributed by atoms with Crippen LogP contribution >= 0.6 is 0 Å².